The van der Waals surface area contributed by atoms with E-state index in [1.54, 1.807) is 0 Å². The predicted octanol–water partition coefficient (Wildman–Crippen LogP) is 15.5. The summed E-state index contributed by atoms with van der Waals surface area (Å²) in [5.74, 6) is -127. The summed E-state index contributed by atoms with van der Waals surface area (Å²) in [6.07, 6.45) is -35.4. The Labute approximate surface area is 378 Å². The minimum absolute atomic E-state index is 0.629. The molecule has 0 amide bonds. The second kappa shape index (κ2) is 19.0. The lowest BCUT2D eigenvalue weighted by Gasteiger charge is -2.43. The third-order valence-corrected chi connectivity index (χ3v) is 16.2. The van der Waals surface area contributed by atoms with Gasteiger partial charge in [0.05, 0.1) is 21.7 Å². The summed E-state index contributed by atoms with van der Waals surface area (Å²) in [6.45, 7) is -1.13. The Morgan fingerprint density at radius 2 is 0.534 bits per heavy atom. The van der Waals surface area contributed by atoms with Gasteiger partial charge in [0.2, 0.25) is 6.33 Å². The summed E-state index contributed by atoms with van der Waals surface area (Å²) in [5, 5.41) is 0. The van der Waals surface area contributed by atoms with Crippen molar-refractivity contribution in [3.63, 3.8) is 0 Å². The summed E-state index contributed by atoms with van der Waals surface area (Å²) >= 11 is 0. The molecule has 0 bridgehead atoms. The highest BCUT2D eigenvalue weighted by Gasteiger charge is 2.93. The molecule has 1 aromatic heterocycles. The minimum Gasteiger partial charge on any atom is -0.240 e. The lowest BCUT2D eigenvalue weighted by molar-refractivity contribution is -0.671. The van der Waals surface area contributed by atoms with Crippen LogP contribution in [-0.4, -0.2) is 120 Å². The van der Waals surface area contributed by atoms with Crippen molar-refractivity contribution in [1.29, 1.82) is 0 Å². The molecular weight excluding hydrogens is 1170 g/mol. The fraction of sp³-hybridized carbons (Fsp3) is 0.903. The molecule has 1 aromatic rings. The number of rotatable bonds is 25. The van der Waals surface area contributed by atoms with Gasteiger partial charge in [0, 0.05) is 19.3 Å². The molecule has 42 heteroatoms. The van der Waals surface area contributed by atoms with E-state index >= 15 is 26.3 Å². The number of hydrogen-bond acceptors (Lipinski definition) is 0. The summed E-state index contributed by atoms with van der Waals surface area (Å²) in [7, 11) is -5.72. The Hall–Kier alpha value is -3.30. The molecule has 0 saturated heterocycles. The fourth-order valence-corrected chi connectivity index (χ4v) is 11.1. The van der Waals surface area contributed by atoms with Gasteiger partial charge in [-0.05, 0) is 6.42 Å². The van der Waals surface area contributed by atoms with Gasteiger partial charge in [0.15, 0.2) is 0 Å². The van der Waals surface area contributed by atoms with Crippen LogP contribution >= 0.6 is 0 Å². The van der Waals surface area contributed by atoms with E-state index in [0.29, 0.717) is 4.57 Å². The van der Waals surface area contributed by atoms with Crippen LogP contribution in [0.15, 0.2) is 18.7 Å². The van der Waals surface area contributed by atoms with Gasteiger partial charge < -0.3 is 0 Å². The molecule has 0 aliphatic rings. The molecule has 0 spiro atoms. The number of halogens is 39. The molecule has 0 atom stereocenters. The zero-order valence-corrected chi connectivity index (χ0v) is 35.2. The number of aryl methyl sites for hydroxylation is 2. The first-order valence-electron chi connectivity index (χ1n) is 18.2. The molecule has 0 unspecified atom stereocenters. The van der Waals surface area contributed by atoms with Crippen molar-refractivity contribution >= 4 is 8.07 Å². The molecule has 1 rings (SSSR count). The number of nitrogens with zero attached hydrogens (tertiary/aromatic N) is 2. The van der Waals surface area contributed by atoms with Crippen LogP contribution < -0.4 is 4.57 Å². The molecule has 434 valence electrons. The average Bonchev–Trinajstić information content (AvgIpc) is 3.60. The van der Waals surface area contributed by atoms with Gasteiger partial charge in [-0.3, -0.25) is 0 Å². The maximum atomic E-state index is 15.0. The second-order valence-electron chi connectivity index (χ2n) is 15.9. The van der Waals surface area contributed by atoms with Crippen LogP contribution in [0, 0.1) is 0 Å². The second-order valence-corrected chi connectivity index (χ2v) is 20.9. The van der Waals surface area contributed by atoms with Gasteiger partial charge in [-0.15, -0.1) is 0 Å². The normalized spacial score (nSPS) is 16.4. The average molecular weight is 1190 g/mol. The molecule has 2 nitrogen and oxygen atoms in total. The Kier molecular flexibility index (Phi) is 17.6. The lowest BCUT2D eigenvalue weighted by atomic mass is 9.93. The Bertz CT molecular complexity index is 1830. The first-order valence-corrected chi connectivity index (χ1v) is 21.1. The van der Waals surface area contributed by atoms with Gasteiger partial charge in [-0.25, -0.2) is 9.13 Å². The predicted molar refractivity (Wildman–Crippen MR) is 161 cm³/mol. The van der Waals surface area contributed by atoms with Crippen LogP contribution in [0.25, 0.3) is 0 Å². The SMILES string of the molecule is C[n+]1ccn(CCC[Si](CCC(F)(F)C(F)(F)C(F)(F)C(F)(F)C(F)(F)C(F)(F)F)(CCC(F)(F)C(F)(F)C(F)(F)C(F)(F)C(F)(F)C(F)(F)F)CCC(F)(F)C(F)(F)C(F)(F)C(F)(F)C(F)(F)C(F)(F)F)c1. The molecule has 0 aliphatic carbocycles. The quantitative estimate of drug-likeness (QED) is 0.0524. The van der Waals surface area contributed by atoms with Crippen molar-refractivity contribution in [2.24, 2.45) is 7.05 Å². The van der Waals surface area contributed by atoms with E-state index in [-0.39, 0.29) is 0 Å². The topological polar surface area (TPSA) is 8.81 Å². The van der Waals surface area contributed by atoms with E-state index in [0.717, 1.165) is 30.3 Å². The highest BCUT2D eigenvalue weighted by molar-refractivity contribution is 6.79. The van der Waals surface area contributed by atoms with Crippen LogP contribution in [0.1, 0.15) is 25.7 Å². The smallest absolute Gasteiger partial charge is 0.240 e. The molecule has 0 aromatic carbocycles. The Balaban J connectivity index is 4.38. The maximum Gasteiger partial charge on any atom is 0.460 e. The van der Waals surface area contributed by atoms with E-state index in [9.17, 15) is 145 Å². The first kappa shape index (κ1) is 67.7. The van der Waals surface area contributed by atoms with Crippen LogP contribution in [0.4, 0.5) is 171 Å². The van der Waals surface area contributed by atoms with Crippen molar-refractivity contribution in [1.82, 2.24) is 4.57 Å². The van der Waals surface area contributed by atoms with Gasteiger partial charge in [-0.1, -0.05) is 24.2 Å². The summed E-state index contributed by atoms with van der Waals surface area (Å²) in [6, 6.07) is -11.7. The molecule has 0 fully saturated rings. The third-order valence-electron chi connectivity index (χ3n) is 10.9. The zero-order valence-electron chi connectivity index (χ0n) is 34.2. The molecular formula is C31H24F39N2Si+. The third kappa shape index (κ3) is 10.7. The van der Waals surface area contributed by atoms with Crippen molar-refractivity contribution in [2.45, 2.75) is 164 Å². The van der Waals surface area contributed by atoms with E-state index in [4.69, 9.17) is 0 Å². The largest absolute Gasteiger partial charge is 0.460 e. The van der Waals surface area contributed by atoms with E-state index in [1.165, 1.54) is 0 Å². The van der Waals surface area contributed by atoms with Gasteiger partial charge in [-0.2, -0.15) is 171 Å². The molecule has 0 aliphatic heterocycles. The van der Waals surface area contributed by atoms with Crippen LogP contribution in [0.5, 0.6) is 0 Å². The van der Waals surface area contributed by atoms with Crippen LogP contribution in [0.3, 0.4) is 0 Å². The van der Waals surface area contributed by atoms with Gasteiger partial charge in [0.1, 0.15) is 12.4 Å². The minimum atomic E-state index is -8.86. The first-order chi connectivity index (χ1) is 31.3. The summed E-state index contributed by atoms with van der Waals surface area (Å²) in [4.78, 5) is 0. The van der Waals surface area contributed by atoms with Crippen molar-refractivity contribution in [2.75, 3.05) is 0 Å². The summed E-state index contributed by atoms with van der Waals surface area (Å²) < 4.78 is 542. The maximum absolute atomic E-state index is 15.0. The number of hydrogen-bond donors (Lipinski definition) is 0. The number of alkyl halides is 39. The fourth-order valence-electron chi connectivity index (χ4n) is 6.16. The Morgan fingerprint density at radius 1 is 0.315 bits per heavy atom. The number of imidazole rings is 1. The number of aromatic nitrogens is 2. The molecule has 0 saturated carbocycles. The van der Waals surface area contributed by atoms with Crippen LogP contribution in [-0.2, 0) is 13.6 Å². The molecule has 73 heavy (non-hydrogen) atoms. The Morgan fingerprint density at radius 3 is 0.726 bits per heavy atom. The van der Waals surface area contributed by atoms with Gasteiger partial charge in [0.25, 0.3) is 0 Å². The van der Waals surface area contributed by atoms with E-state index in [2.05, 4.69) is 0 Å². The monoisotopic (exact) mass is 1190 g/mol. The van der Waals surface area contributed by atoms with Crippen molar-refractivity contribution in [3.8, 4) is 0 Å². The van der Waals surface area contributed by atoms with Crippen LogP contribution in [0.2, 0.25) is 24.2 Å². The van der Waals surface area contributed by atoms with Gasteiger partial charge >= 0.3 is 107 Å². The van der Waals surface area contributed by atoms with E-state index in [1.807, 2.05) is 0 Å². The standard InChI is InChI=1S/C31H24F39N2Si/c1-71-7-8-72(13-71)6-2-9-73(10-3-14(32,33)17(38,39)20(44,45)23(50,51)26(56,57)29(62,63)64,11-4-15(34,35)18(40,41)21(46,47)24(52,53)27(58,59)30(65,66)67)12-5-16(36,37)19(42,43)22(48,49)25(54,55)28(60,61)31(68,69)70/h7-8,13H,2-6,9-12H2,1H3/q+1. The highest BCUT2D eigenvalue weighted by atomic mass is 28.3. The molecule has 1 heterocycles. The van der Waals surface area contributed by atoms with E-state index < -0.39 is 172 Å². The molecule has 0 N–H and O–H groups in total. The molecule has 0 radical (unpaired) electrons. The highest BCUT2D eigenvalue weighted by Crippen LogP contribution is 2.65. The van der Waals surface area contributed by atoms with Crippen molar-refractivity contribution < 1.29 is 176 Å². The lowest BCUT2D eigenvalue weighted by Crippen LogP contribution is -2.70. The zero-order chi connectivity index (χ0) is 59.1. The summed E-state index contributed by atoms with van der Waals surface area (Å²) in [5.41, 5.74) is 0. The van der Waals surface area contributed by atoms with Crippen molar-refractivity contribution in [3.05, 3.63) is 18.7 Å².